The van der Waals surface area contributed by atoms with Crippen LogP contribution in [0.5, 0.6) is 0 Å². The fourth-order valence-electron chi connectivity index (χ4n) is 1.56. The van der Waals surface area contributed by atoms with Gasteiger partial charge < -0.3 is 10.1 Å². The maximum absolute atomic E-state index is 11.7. The van der Waals surface area contributed by atoms with E-state index < -0.39 is 0 Å². The molecule has 1 N–H and O–H groups in total. The molecule has 0 aliphatic heterocycles. The number of methoxy groups -OCH3 is 1. The van der Waals surface area contributed by atoms with E-state index in [0.717, 1.165) is 5.82 Å². The Hall–Kier alpha value is -1.43. The van der Waals surface area contributed by atoms with Gasteiger partial charge in [0.25, 0.3) is 0 Å². The van der Waals surface area contributed by atoms with E-state index in [1.165, 1.54) is 6.33 Å². The van der Waals surface area contributed by atoms with Gasteiger partial charge in [0, 0.05) is 20.6 Å². The summed E-state index contributed by atoms with van der Waals surface area (Å²) in [5.41, 5.74) is 0. The maximum atomic E-state index is 11.7. The maximum Gasteiger partial charge on any atom is 0.222 e. The van der Waals surface area contributed by atoms with Crippen molar-refractivity contribution in [1.29, 1.82) is 0 Å². The zero-order valence-corrected chi connectivity index (χ0v) is 10.8. The molecule has 1 unspecified atom stereocenters. The first-order valence-corrected chi connectivity index (χ1v) is 5.68. The second-order valence-electron chi connectivity index (χ2n) is 4.27. The van der Waals surface area contributed by atoms with Crippen LogP contribution in [0.1, 0.15) is 32.1 Å². The first-order valence-electron chi connectivity index (χ1n) is 5.68. The van der Waals surface area contributed by atoms with Gasteiger partial charge in [-0.15, -0.1) is 0 Å². The summed E-state index contributed by atoms with van der Waals surface area (Å²) in [5, 5.41) is 6.97. The quantitative estimate of drug-likeness (QED) is 0.793. The predicted molar refractivity (Wildman–Crippen MR) is 63.2 cm³/mol. The Morgan fingerprint density at radius 1 is 1.59 bits per heavy atom. The summed E-state index contributed by atoms with van der Waals surface area (Å²) >= 11 is 0. The average Bonchev–Trinajstić information content (AvgIpc) is 2.69. The average molecular weight is 240 g/mol. The zero-order chi connectivity index (χ0) is 12.8. The van der Waals surface area contributed by atoms with Gasteiger partial charge in [0.2, 0.25) is 5.91 Å². The van der Waals surface area contributed by atoms with Crippen molar-refractivity contribution in [1.82, 2.24) is 20.1 Å². The number of carbonyl (C=O) groups excluding carboxylic acids is 1. The number of carbonyl (C=O) groups is 1. The van der Waals surface area contributed by atoms with Crippen molar-refractivity contribution < 1.29 is 9.53 Å². The molecule has 0 spiro atoms. The highest BCUT2D eigenvalue weighted by Crippen LogP contribution is 2.18. The van der Waals surface area contributed by atoms with Crippen LogP contribution in [-0.4, -0.2) is 34.4 Å². The molecule has 1 atom stereocenters. The molecule has 0 radical (unpaired) electrons. The number of hydrogen-bond acceptors (Lipinski definition) is 4. The number of hydrogen-bond donors (Lipinski definition) is 1. The Balaban J connectivity index is 2.68. The van der Waals surface area contributed by atoms with Crippen molar-refractivity contribution in [3.05, 3.63) is 12.2 Å². The van der Waals surface area contributed by atoms with Gasteiger partial charge in [-0.05, 0) is 5.92 Å². The number of rotatable bonds is 6. The normalized spacial score (nSPS) is 12.8. The molecule has 0 aromatic carbocycles. The number of nitrogens with zero attached hydrogens (tertiary/aromatic N) is 3. The lowest BCUT2D eigenvalue weighted by atomic mass is 10.0. The minimum atomic E-state index is -0.119. The number of aromatic nitrogens is 3. The number of aryl methyl sites for hydroxylation is 1. The van der Waals surface area contributed by atoms with Gasteiger partial charge in [0.1, 0.15) is 12.2 Å². The molecule has 0 saturated heterocycles. The molecule has 1 aromatic heterocycles. The molecular formula is C11H20N4O2. The molecule has 0 saturated carbocycles. The van der Waals surface area contributed by atoms with Crippen LogP contribution in [0.3, 0.4) is 0 Å². The summed E-state index contributed by atoms with van der Waals surface area (Å²) in [7, 11) is 3.40. The van der Waals surface area contributed by atoms with Crippen LogP contribution in [0, 0.1) is 5.92 Å². The smallest absolute Gasteiger partial charge is 0.222 e. The Morgan fingerprint density at radius 3 is 2.76 bits per heavy atom. The Labute approximate surface area is 101 Å². The van der Waals surface area contributed by atoms with Crippen LogP contribution in [-0.2, 0) is 16.6 Å². The highest BCUT2D eigenvalue weighted by atomic mass is 16.5. The summed E-state index contributed by atoms with van der Waals surface area (Å²) in [6, 6.07) is -0.119. The molecule has 1 aromatic rings. The summed E-state index contributed by atoms with van der Waals surface area (Å²) in [6.45, 7) is 4.50. The van der Waals surface area contributed by atoms with E-state index in [0.29, 0.717) is 13.0 Å². The first kappa shape index (κ1) is 13.6. The number of ether oxygens (including phenoxy) is 1. The van der Waals surface area contributed by atoms with Gasteiger partial charge in [0.05, 0.1) is 12.6 Å². The second kappa shape index (κ2) is 6.34. The zero-order valence-electron chi connectivity index (χ0n) is 10.8. The van der Waals surface area contributed by atoms with Gasteiger partial charge in [0.15, 0.2) is 0 Å². The second-order valence-corrected chi connectivity index (χ2v) is 4.27. The third-order valence-electron chi connectivity index (χ3n) is 2.54. The highest BCUT2D eigenvalue weighted by Gasteiger charge is 2.22. The van der Waals surface area contributed by atoms with Crippen LogP contribution in [0.4, 0.5) is 0 Å². The van der Waals surface area contributed by atoms with Gasteiger partial charge in [-0.3, -0.25) is 9.48 Å². The fraction of sp³-hybridized carbons (Fsp3) is 0.727. The number of amides is 1. The SMILES string of the molecule is COCCC(=O)NC(c1ncnn1C)C(C)C. The van der Waals surface area contributed by atoms with Crippen molar-refractivity contribution in [2.75, 3.05) is 13.7 Å². The molecule has 0 aliphatic carbocycles. The minimum absolute atomic E-state index is 0.0337. The number of nitrogens with one attached hydrogen (secondary N) is 1. The van der Waals surface area contributed by atoms with E-state index in [9.17, 15) is 4.79 Å². The molecule has 0 aliphatic rings. The Bertz CT molecular complexity index is 362. The Morgan fingerprint density at radius 2 is 2.29 bits per heavy atom. The molecule has 1 rings (SSSR count). The summed E-state index contributed by atoms with van der Waals surface area (Å²) in [6.07, 6.45) is 1.85. The molecule has 6 nitrogen and oxygen atoms in total. The van der Waals surface area contributed by atoms with E-state index >= 15 is 0 Å². The van der Waals surface area contributed by atoms with E-state index in [-0.39, 0.29) is 17.9 Å². The van der Waals surface area contributed by atoms with Crippen molar-refractivity contribution in [3.63, 3.8) is 0 Å². The van der Waals surface area contributed by atoms with Crippen molar-refractivity contribution in [2.45, 2.75) is 26.3 Å². The minimum Gasteiger partial charge on any atom is -0.384 e. The summed E-state index contributed by atoms with van der Waals surface area (Å²) in [4.78, 5) is 15.9. The van der Waals surface area contributed by atoms with Crippen LogP contribution in [0.25, 0.3) is 0 Å². The fourth-order valence-corrected chi connectivity index (χ4v) is 1.56. The molecule has 1 heterocycles. The van der Waals surface area contributed by atoms with Crippen molar-refractivity contribution in [2.24, 2.45) is 13.0 Å². The van der Waals surface area contributed by atoms with Crippen molar-refractivity contribution in [3.8, 4) is 0 Å². The van der Waals surface area contributed by atoms with Crippen LogP contribution in [0.15, 0.2) is 6.33 Å². The van der Waals surface area contributed by atoms with E-state index in [1.54, 1.807) is 11.8 Å². The van der Waals surface area contributed by atoms with E-state index in [4.69, 9.17) is 4.74 Å². The lowest BCUT2D eigenvalue weighted by Gasteiger charge is -2.21. The highest BCUT2D eigenvalue weighted by molar-refractivity contribution is 5.76. The topological polar surface area (TPSA) is 69.0 Å². The lowest BCUT2D eigenvalue weighted by molar-refractivity contribution is -0.123. The molecule has 96 valence electrons. The largest absolute Gasteiger partial charge is 0.384 e. The predicted octanol–water partition coefficient (Wildman–Crippen LogP) is 0.665. The van der Waals surface area contributed by atoms with Gasteiger partial charge in [-0.25, -0.2) is 4.98 Å². The molecule has 0 fully saturated rings. The van der Waals surface area contributed by atoms with Crippen LogP contribution < -0.4 is 5.32 Å². The molecule has 0 bridgehead atoms. The lowest BCUT2D eigenvalue weighted by Crippen LogP contribution is -2.34. The molecule has 1 amide bonds. The van der Waals surface area contributed by atoms with E-state index in [2.05, 4.69) is 15.4 Å². The molecule has 17 heavy (non-hydrogen) atoms. The third-order valence-corrected chi connectivity index (χ3v) is 2.54. The van der Waals surface area contributed by atoms with Crippen LogP contribution >= 0.6 is 0 Å². The monoisotopic (exact) mass is 240 g/mol. The van der Waals surface area contributed by atoms with Crippen molar-refractivity contribution >= 4 is 5.91 Å². The Kier molecular flexibility index (Phi) is 5.09. The summed E-state index contributed by atoms with van der Waals surface area (Å²) < 4.78 is 6.56. The van der Waals surface area contributed by atoms with E-state index in [1.807, 2.05) is 20.9 Å². The standard InChI is InChI=1S/C11H20N4O2/c1-8(2)10(11-12-7-13-15(11)3)14-9(16)5-6-17-4/h7-8,10H,5-6H2,1-4H3,(H,14,16). The third kappa shape index (κ3) is 3.81. The van der Waals surface area contributed by atoms with Gasteiger partial charge in [-0.2, -0.15) is 5.10 Å². The molecular weight excluding hydrogens is 220 g/mol. The summed E-state index contributed by atoms with van der Waals surface area (Å²) in [5.74, 6) is 0.990. The first-order chi connectivity index (χ1) is 8.06. The van der Waals surface area contributed by atoms with Gasteiger partial charge >= 0.3 is 0 Å². The van der Waals surface area contributed by atoms with Gasteiger partial charge in [-0.1, -0.05) is 13.8 Å². The van der Waals surface area contributed by atoms with Crippen LogP contribution in [0.2, 0.25) is 0 Å². The molecule has 6 heteroatoms.